The Labute approximate surface area is 113 Å². The fourth-order valence-corrected chi connectivity index (χ4v) is 2.55. The van der Waals surface area contributed by atoms with Gasteiger partial charge < -0.3 is 10.4 Å². The Hall–Kier alpha value is -1.46. The average Bonchev–Trinajstić information content (AvgIpc) is 2.52. The number of nitrogens with zero attached hydrogens (tertiary/aromatic N) is 2. The molecule has 1 aromatic heterocycles. The summed E-state index contributed by atoms with van der Waals surface area (Å²) in [5.74, 6) is -0.219. The molecule has 2 N–H and O–H groups in total. The molecule has 0 bridgehead atoms. The highest BCUT2D eigenvalue weighted by molar-refractivity contribution is 5.67. The van der Waals surface area contributed by atoms with E-state index in [1.54, 1.807) is 6.20 Å². The van der Waals surface area contributed by atoms with Crippen molar-refractivity contribution in [3.8, 4) is 0 Å². The van der Waals surface area contributed by atoms with Crippen LogP contribution in [0, 0.1) is 5.92 Å². The lowest BCUT2D eigenvalue weighted by molar-refractivity contribution is -0.137. The molecule has 2 atom stereocenters. The van der Waals surface area contributed by atoms with Crippen LogP contribution < -0.4 is 5.32 Å². The number of aromatic nitrogens is 1. The highest BCUT2D eigenvalue weighted by atomic mass is 16.4. The lowest BCUT2D eigenvalue weighted by atomic mass is 10.1. The molecule has 0 radical (unpaired) electrons. The van der Waals surface area contributed by atoms with Crippen LogP contribution in [0.3, 0.4) is 0 Å². The van der Waals surface area contributed by atoms with Gasteiger partial charge in [-0.1, -0.05) is 13.0 Å². The van der Waals surface area contributed by atoms with Crippen molar-refractivity contribution in [1.29, 1.82) is 0 Å². The van der Waals surface area contributed by atoms with E-state index < -0.39 is 5.97 Å². The quantitative estimate of drug-likeness (QED) is 0.847. The molecule has 104 valence electrons. The number of rotatable bonds is 4. The maximum atomic E-state index is 10.9. The minimum absolute atomic E-state index is 0.0270. The number of nitrogens with one attached hydrogen (secondary N) is 1. The van der Waals surface area contributed by atoms with Crippen LogP contribution in [0.2, 0.25) is 0 Å². The van der Waals surface area contributed by atoms with E-state index in [4.69, 9.17) is 5.11 Å². The first-order valence-corrected chi connectivity index (χ1v) is 6.70. The van der Waals surface area contributed by atoms with Crippen LogP contribution in [0.15, 0.2) is 24.5 Å². The summed E-state index contributed by atoms with van der Waals surface area (Å²) < 4.78 is 0. The van der Waals surface area contributed by atoms with Crippen molar-refractivity contribution in [1.82, 2.24) is 15.2 Å². The van der Waals surface area contributed by atoms with Gasteiger partial charge in [0.05, 0.1) is 6.42 Å². The molecule has 0 aliphatic carbocycles. The molecule has 1 aliphatic heterocycles. The van der Waals surface area contributed by atoms with Crippen LogP contribution in [0.4, 0.5) is 0 Å². The first-order chi connectivity index (χ1) is 9.13. The maximum absolute atomic E-state index is 10.9. The number of hydrogen-bond donors (Lipinski definition) is 2. The Kier molecular flexibility index (Phi) is 4.87. The summed E-state index contributed by atoms with van der Waals surface area (Å²) in [5.41, 5.74) is 1.17. The summed E-state index contributed by atoms with van der Waals surface area (Å²) in [4.78, 5) is 17.3. The van der Waals surface area contributed by atoms with Gasteiger partial charge in [0.15, 0.2) is 0 Å². The number of carbonyl (C=O) groups is 1. The molecule has 1 fully saturated rings. The Morgan fingerprint density at radius 3 is 3.11 bits per heavy atom. The highest BCUT2D eigenvalue weighted by Gasteiger charge is 2.23. The standard InChI is InChI=1S/C14H21N3O2/c1-11-6-16-13(5-14(18)19)10-17(8-11)9-12-3-2-4-15-7-12/h2-4,7,11,13,16H,5-6,8-10H2,1H3,(H,18,19). The number of pyridine rings is 1. The molecule has 2 unspecified atom stereocenters. The second-order valence-corrected chi connectivity index (χ2v) is 5.36. The van der Waals surface area contributed by atoms with Crippen LogP contribution >= 0.6 is 0 Å². The van der Waals surface area contributed by atoms with Crippen molar-refractivity contribution >= 4 is 5.97 Å². The molecule has 1 aliphatic rings. The van der Waals surface area contributed by atoms with E-state index in [0.717, 1.165) is 26.2 Å². The summed E-state index contributed by atoms with van der Waals surface area (Å²) in [6.07, 6.45) is 3.81. The fraction of sp³-hybridized carbons (Fsp3) is 0.571. The zero-order chi connectivity index (χ0) is 13.7. The van der Waals surface area contributed by atoms with Crippen LogP contribution in [0.1, 0.15) is 18.9 Å². The SMILES string of the molecule is CC1CNC(CC(=O)O)CN(Cc2cccnc2)C1. The predicted molar refractivity (Wildman–Crippen MR) is 72.7 cm³/mol. The van der Waals surface area contributed by atoms with Gasteiger partial charge in [0, 0.05) is 38.1 Å². The summed E-state index contributed by atoms with van der Waals surface area (Å²) in [6, 6.07) is 4.02. The number of aliphatic carboxylic acids is 1. The molecule has 0 aromatic carbocycles. The normalized spacial score (nSPS) is 24.9. The zero-order valence-corrected chi connectivity index (χ0v) is 11.2. The van der Waals surface area contributed by atoms with E-state index >= 15 is 0 Å². The van der Waals surface area contributed by atoms with Gasteiger partial charge in [-0.15, -0.1) is 0 Å². The van der Waals surface area contributed by atoms with Crippen LogP contribution in [-0.2, 0) is 11.3 Å². The monoisotopic (exact) mass is 263 g/mol. The van der Waals surface area contributed by atoms with Gasteiger partial charge in [-0.3, -0.25) is 14.7 Å². The summed E-state index contributed by atoms with van der Waals surface area (Å²) >= 11 is 0. The zero-order valence-electron chi connectivity index (χ0n) is 11.2. The molecule has 2 heterocycles. The molecule has 0 spiro atoms. The topological polar surface area (TPSA) is 65.5 Å². The van der Waals surface area contributed by atoms with E-state index in [2.05, 4.69) is 28.2 Å². The van der Waals surface area contributed by atoms with Gasteiger partial charge in [-0.25, -0.2) is 0 Å². The fourth-order valence-electron chi connectivity index (χ4n) is 2.55. The van der Waals surface area contributed by atoms with Gasteiger partial charge in [0.25, 0.3) is 0 Å². The van der Waals surface area contributed by atoms with E-state index in [-0.39, 0.29) is 12.5 Å². The van der Waals surface area contributed by atoms with Gasteiger partial charge >= 0.3 is 5.97 Å². The van der Waals surface area contributed by atoms with Crippen molar-refractivity contribution in [2.45, 2.75) is 25.9 Å². The number of carboxylic acid groups (broad SMARTS) is 1. The molecular weight excluding hydrogens is 242 g/mol. The Morgan fingerprint density at radius 1 is 1.58 bits per heavy atom. The molecule has 5 heteroatoms. The van der Waals surface area contributed by atoms with E-state index in [9.17, 15) is 4.79 Å². The third-order valence-electron chi connectivity index (χ3n) is 3.35. The minimum Gasteiger partial charge on any atom is -0.481 e. The second-order valence-electron chi connectivity index (χ2n) is 5.36. The Balaban J connectivity index is 1.98. The van der Waals surface area contributed by atoms with E-state index in [0.29, 0.717) is 5.92 Å². The Bertz CT molecular complexity index is 410. The smallest absolute Gasteiger partial charge is 0.304 e. The van der Waals surface area contributed by atoms with Crippen molar-refractivity contribution in [2.24, 2.45) is 5.92 Å². The number of carboxylic acids is 1. The van der Waals surface area contributed by atoms with E-state index in [1.807, 2.05) is 12.3 Å². The molecule has 1 saturated heterocycles. The molecule has 1 aromatic rings. The van der Waals surface area contributed by atoms with Gasteiger partial charge in [-0.05, 0) is 24.1 Å². The highest BCUT2D eigenvalue weighted by Crippen LogP contribution is 2.12. The van der Waals surface area contributed by atoms with Crippen molar-refractivity contribution in [2.75, 3.05) is 19.6 Å². The Morgan fingerprint density at radius 2 is 2.42 bits per heavy atom. The van der Waals surface area contributed by atoms with E-state index in [1.165, 1.54) is 5.56 Å². The molecule has 0 amide bonds. The maximum Gasteiger partial charge on any atom is 0.304 e. The van der Waals surface area contributed by atoms with Crippen LogP contribution in [0.25, 0.3) is 0 Å². The lowest BCUT2D eigenvalue weighted by Gasteiger charge is -2.24. The van der Waals surface area contributed by atoms with Gasteiger partial charge in [0.2, 0.25) is 0 Å². The average molecular weight is 263 g/mol. The van der Waals surface area contributed by atoms with Crippen molar-refractivity contribution in [3.05, 3.63) is 30.1 Å². The summed E-state index contributed by atoms with van der Waals surface area (Å²) in [6.45, 7) is 5.65. The molecule has 5 nitrogen and oxygen atoms in total. The second kappa shape index (κ2) is 6.63. The van der Waals surface area contributed by atoms with Crippen LogP contribution in [-0.4, -0.2) is 46.6 Å². The van der Waals surface area contributed by atoms with Gasteiger partial charge in [-0.2, -0.15) is 0 Å². The van der Waals surface area contributed by atoms with Gasteiger partial charge in [0.1, 0.15) is 0 Å². The van der Waals surface area contributed by atoms with Crippen LogP contribution in [0.5, 0.6) is 0 Å². The summed E-state index contributed by atoms with van der Waals surface area (Å²) in [7, 11) is 0. The first-order valence-electron chi connectivity index (χ1n) is 6.70. The largest absolute Gasteiger partial charge is 0.481 e. The first kappa shape index (κ1) is 14.0. The molecular formula is C14H21N3O2. The molecule has 2 rings (SSSR count). The third kappa shape index (κ3) is 4.61. The third-order valence-corrected chi connectivity index (χ3v) is 3.35. The number of hydrogen-bond acceptors (Lipinski definition) is 4. The van der Waals surface area contributed by atoms with Crippen molar-refractivity contribution < 1.29 is 9.90 Å². The molecule has 19 heavy (non-hydrogen) atoms. The lowest BCUT2D eigenvalue weighted by Crippen LogP contribution is -2.38. The van der Waals surface area contributed by atoms with Crippen molar-refractivity contribution in [3.63, 3.8) is 0 Å². The summed E-state index contributed by atoms with van der Waals surface area (Å²) in [5, 5.41) is 12.3. The predicted octanol–water partition coefficient (Wildman–Crippen LogP) is 0.966. The minimum atomic E-state index is -0.742. The molecule has 0 saturated carbocycles.